The number of nitrogens with one attached hydrogen (secondary N) is 4. The number of aliphatic imine (C=N–C) groups is 1. The van der Waals surface area contributed by atoms with Crippen LogP contribution in [0.15, 0.2) is 71.7 Å². The third-order valence-corrected chi connectivity index (χ3v) is 15.1. The first kappa shape index (κ1) is 52.5. The van der Waals surface area contributed by atoms with Gasteiger partial charge in [-0.25, -0.2) is 0 Å². The molecule has 4 N–H and O–H groups in total. The van der Waals surface area contributed by atoms with Gasteiger partial charge in [0.1, 0.15) is 29.0 Å². The standard InChI is InChI=1S/C53H61ClN10O9S/c1-32-33(2)74-53-46(32)47(36-11-13-38(54)14-12-36)58-42(49-61-60-34(3)64(49)53)29-45(66)55-17-21-70-25-27-73-28-26-71-22-18-56-51(68)48(62-19-23-72-24-20-62)37-9-7-35(8-10-37)30-57-41-6-4-5-39-40(41)31-63(52(39)69)43-15-16-44(65)59-50(43)67/h4-14,42-43,48,57H,15-31H2,1-3H3,(H,55,66)(H,56,68)(H,59,65,67). The van der Waals surface area contributed by atoms with E-state index in [0.29, 0.717) is 108 Å². The molecule has 0 saturated carbocycles. The van der Waals surface area contributed by atoms with E-state index in [1.54, 1.807) is 22.3 Å². The fourth-order valence-corrected chi connectivity index (χ4v) is 11.0. The molecule has 3 aromatic carbocycles. The number of anilines is 1. The maximum absolute atomic E-state index is 13.7. The number of carbonyl (C=O) groups is 5. The van der Waals surface area contributed by atoms with Crippen LogP contribution in [0, 0.1) is 20.8 Å². The lowest BCUT2D eigenvalue weighted by molar-refractivity contribution is -0.137. The van der Waals surface area contributed by atoms with Gasteiger partial charge in [0.15, 0.2) is 5.82 Å². The van der Waals surface area contributed by atoms with Crippen LogP contribution >= 0.6 is 22.9 Å². The third kappa shape index (κ3) is 12.1. The van der Waals surface area contributed by atoms with E-state index in [1.165, 1.54) is 4.88 Å². The van der Waals surface area contributed by atoms with Crippen LogP contribution in [0.25, 0.3) is 5.00 Å². The van der Waals surface area contributed by atoms with Gasteiger partial charge in [0.05, 0.1) is 65.0 Å². The minimum atomic E-state index is -0.684. The summed E-state index contributed by atoms with van der Waals surface area (Å²) < 4.78 is 24.8. The summed E-state index contributed by atoms with van der Waals surface area (Å²) in [5, 5.41) is 22.3. The largest absolute Gasteiger partial charge is 0.381 e. The molecule has 3 unspecified atom stereocenters. The van der Waals surface area contributed by atoms with Gasteiger partial charge in [0.2, 0.25) is 23.6 Å². The fraction of sp³-hybridized carbons (Fsp3) is 0.434. The second-order valence-corrected chi connectivity index (χ2v) is 20.1. The molecule has 3 atom stereocenters. The van der Waals surface area contributed by atoms with Crippen LogP contribution in [0.5, 0.6) is 0 Å². The Kier molecular flexibility index (Phi) is 17.2. The van der Waals surface area contributed by atoms with Crippen molar-refractivity contribution < 1.29 is 42.9 Å². The SMILES string of the molecule is Cc1sc2c(c1C)C(c1ccc(Cl)cc1)=NC(CC(=O)NCCOCCOCCOCCNC(=O)C(c1ccc(CNc3cccc4c3CN(C3CCC(=O)NC3=O)C4=O)cc1)N1CCOCC1)c1nnc(C)n1-2. The first-order valence-electron chi connectivity index (χ1n) is 25.0. The zero-order valence-corrected chi connectivity index (χ0v) is 43.3. The van der Waals surface area contributed by atoms with E-state index < -0.39 is 24.0 Å². The molecule has 2 aromatic heterocycles. The Hall–Kier alpha value is -6.39. The molecule has 6 heterocycles. The van der Waals surface area contributed by atoms with Crippen molar-refractivity contribution in [1.82, 2.24) is 40.5 Å². The molecule has 19 nitrogen and oxygen atoms in total. The lowest BCUT2D eigenvalue weighted by Gasteiger charge is -2.34. The average Bonchev–Trinajstić information content (AvgIpc) is 4.02. The monoisotopic (exact) mass is 1050 g/mol. The number of imide groups is 1. The zero-order valence-electron chi connectivity index (χ0n) is 41.7. The number of aromatic nitrogens is 3. The summed E-state index contributed by atoms with van der Waals surface area (Å²) in [4.78, 5) is 74.6. The first-order chi connectivity index (χ1) is 35.9. The number of nitrogens with zero attached hydrogens (tertiary/aromatic N) is 6. The summed E-state index contributed by atoms with van der Waals surface area (Å²) in [5.41, 5.74) is 7.83. The maximum Gasteiger partial charge on any atom is 0.255 e. The van der Waals surface area contributed by atoms with Crippen LogP contribution in [-0.4, -0.2) is 145 Å². The van der Waals surface area contributed by atoms with Crippen LogP contribution in [0.3, 0.4) is 0 Å². The molecular weight excluding hydrogens is 988 g/mol. The predicted molar refractivity (Wildman–Crippen MR) is 278 cm³/mol. The Morgan fingerprint density at radius 1 is 0.878 bits per heavy atom. The summed E-state index contributed by atoms with van der Waals surface area (Å²) in [6, 6.07) is 19.2. The minimum absolute atomic E-state index is 0.0828. The molecular formula is C53H61ClN10O9S. The lowest BCUT2D eigenvalue weighted by Crippen LogP contribution is -2.52. The highest BCUT2D eigenvalue weighted by molar-refractivity contribution is 7.15. The van der Waals surface area contributed by atoms with Gasteiger partial charge in [-0.3, -0.25) is 43.7 Å². The molecule has 21 heteroatoms. The highest BCUT2D eigenvalue weighted by atomic mass is 35.5. The number of piperidine rings is 1. The molecule has 5 amide bonds. The summed E-state index contributed by atoms with van der Waals surface area (Å²) in [5.74, 6) is 0.0581. The molecule has 4 aliphatic heterocycles. The van der Waals surface area contributed by atoms with E-state index in [4.69, 9.17) is 35.5 Å². The van der Waals surface area contributed by atoms with Crippen LogP contribution in [-0.2, 0) is 51.2 Å². The van der Waals surface area contributed by atoms with Crippen molar-refractivity contribution in [3.8, 4) is 5.00 Å². The maximum atomic E-state index is 13.7. The number of fused-ring (bicyclic) bond motifs is 4. The van der Waals surface area contributed by atoms with E-state index >= 15 is 0 Å². The van der Waals surface area contributed by atoms with Crippen LogP contribution in [0.1, 0.15) is 91.6 Å². The molecule has 2 saturated heterocycles. The van der Waals surface area contributed by atoms with Crippen molar-refractivity contribution in [2.45, 2.75) is 71.2 Å². The van der Waals surface area contributed by atoms with Gasteiger partial charge >= 0.3 is 0 Å². The molecule has 4 aliphatic rings. The number of hydrogen-bond donors (Lipinski definition) is 4. The Balaban J connectivity index is 0.669. The quantitative estimate of drug-likeness (QED) is 0.0535. The second kappa shape index (κ2) is 24.3. The Morgan fingerprint density at radius 2 is 1.58 bits per heavy atom. The van der Waals surface area contributed by atoms with Crippen molar-refractivity contribution in [3.63, 3.8) is 0 Å². The lowest BCUT2D eigenvalue weighted by atomic mass is 9.99. The summed E-state index contributed by atoms with van der Waals surface area (Å²) in [6.07, 6.45) is 0.582. The summed E-state index contributed by atoms with van der Waals surface area (Å²) in [6.45, 7) is 11.8. The normalized spacial score (nSPS) is 18.0. The van der Waals surface area contributed by atoms with Crippen molar-refractivity contribution in [2.24, 2.45) is 4.99 Å². The first-order valence-corrected chi connectivity index (χ1v) is 26.2. The summed E-state index contributed by atoms with van der Waals surface area (Å²) >= 11 is 7.90. The van der Waals surface area contributed by atoms with Crippen molar-refractivity contribution in [1.29, 1.82) is 0 Å². The number of ether oxygens (including phenoxy) is 4. The minimum Gasteiger partial charge on any atom is -0.381 e. The van der Waals surface area contributed by atoms with Crippen LogP contribution in [0.4, 0.5) is 5.69 Å². The number of hydrogen-bond acceptors (Lipinski definition) is 15. The molecule has 0 spiro atoms. The van der Waals surface area contributed by atoms with E-state index in [2.05, 4.69) is 50.2 Å². The van der Waals surface area contributed by atoms with Gasteiger partial charge < -0.3 is 39.8 Å². The zero-order chi connectivity index (χ0) is 51.7. The smallest absolute Gasteiger partial charge is 0.255 e. The Bertz CT molecular complexity index is 2880. The van der Waals surface area contributed by atoms with Crippen molar-refractivity contribution in [3.05, 3.63) is 127 Å². The van der Waals surface area contributed by atoms with Gasteiger partial charge in [-0.1, -0.05) is 54.1 Å². The number of halogens is 1. The highest BCUT2D eigenvalue weighted by Crippen LogP contribution is 2.40. The van der Waals surface area contributed by atoms with Gasteiger partial charge in [-0.05, 0) is 68.1 Å². The molecule has 74 heavy (non-hydrogen) atoms. The van der Waals surface area contributed by atoms with Crippen molar-refractivity contribution >= 4 is 63.9 Å². The van der Waals surface area contributed by atoms with E-state index in [0.717, 1.165) is 55.6 Å². The number of thiophene rings is 1. The van der Waals surface area contributed by atoms with E-state index in [9.17, 15) is 24.0 Å². The summed E-state index contributed by atoms with van der Waals surface area (Å²) in [7, 11) is 0. The molecule has 2 fully saturated rings. The molecule has 390 valence electrons. The molecule has 5 aromatic rings. The van der Waals surface area contributed by atoms with Crippen LogP contribution < -0.4 is 21.3 Å². The Morgan fingerprint density at radius 3 is 2.30 bits per heavy atom. The second-order valence-electron chi connectivity index (χ2n) is 18.5. The van der Waals surface area contributed by atoms with Crippen molar-refractivity contribution in [2.75, 3.05) is 84.4 Å². The molecule has 0 aliphatic carbocycles. The van der Waals surface area contributed by atoms with Gasteiger partial charge in [0.25, 0.3) is 5.91 Å². The number of rotatable bonds is 22. The predicted octanol–water partition coefficient (Wildman–Crippen LogP) is 4.92. The molecule has 9 rings (SSSR count). The van der Waals surface area contributed by atoms with Gasteiger partial charge in [0, 0.05) is 83.5 Å². The van der Waals surface area contributed by atoms with E-state index in [-0.39, 0.29) is 43.0 Å². The Labute approximate surface area is 438 Å². The average molecular weight is 1050 g/mol. The van der Waals surface area contributed by atoms with Gasteiger partial charge in [-0.2, -0.15) is 0 Å². The number of amides is 5. The molecule has 0 bridgehead atoms. The van der Waals surface area contributed by atoms with Crippen LogP contribution in [0.2, 0.25) is 5.02 Å². The topological polar surface area (TPSA) is 220 Å². The fourth-order valence-electron chi connectivity index (χ4n) is 9.66. The number of benzene rings is 3. The highest BCUT2D eigenvalue weighted by Gasteiger charge is 2.40. The third-order valence-electron chi connectivity index (χ3n) is 13.6. The van der Waals surface area contributed by atoms with E-state index in [1.807, 2.05) is 72.2 Å². The van der Waals surface area contributed by atoms with Gasteiger partial charge in [-0.15, -0.1) is 21.5 Å². The number of morpholine rings is 1. The molecule has 0 radical (unpaired) electrons. The number of carbonyl (C=O) groups excluding carboxylic acids is 5. The number of aryl methyl sites for hydroxylation is 2.